The lowest BCUT2D eigenvalue weighted by Crippen LogP contribution is -2.33. The van der Waals surface area contributed by atoms with Crippen molar-refractivity contribution in [3.8, 4) is 0 Å². The SMILES string of the molecule is CC(C)c1cncc(CC(C)N2CCc3ccccc32)n1. The summed E-state index contributed by atoms with van der Waals surface area (Å²) in [6.07, 6.45) is 5.88. The Balaban J connectivity index is 1.75. The molecular weight excluding hydrogens is 258 g/mol. The second kappa shape index (κ2) is 5.84. The summed E-state index contributed by atoms with van der Waals surface area (Å²) >= 11 is 0. The number of hydrogen-bond acceptors (Lipinski definition) is 3. The molecule has 3 heteroatoms. The summed E-state index contributed by atoms with van der Waals surface area (Å²) in [5.41, 5.74) is 5.03. The third kappa shape index (κ3) is 2.92. The van der Waals surface area contributed by atoms with Gasteiger partial charge in [0.1, 0.15) is 0 Å². The molecule has 1 aromatic heterocycles. The quantitative estimate of drug-likeness (QED) is 0.857. The second-order valence-electron chi connectivity index (χ2n) is 6.22. The molecule has 1 aliphatic heterocycles. The number of nitrogens with zero attached hydrogens (tertiary/aromatic N) is 3. The Kier molecular flexibility index (Phi) is 3.91. The van der Waals surface area contributed by atoms with Crippen molar-refractivity contribution < 1.29 is 0 Å². The third-order valence-corrected chi connectivity index (χ3v) is 4.25. The fourth-order valence-electron chi connectivity index (χ4n) is 3.03. The number of rotatable bonds is 4. The molecule has 3 rings (SSSR count). The van der Waals surface area contributed by atoms with Crippen LogP contribution in [0.5, 0.6) is 0 Å². The van der Waals surface area contributed by atoms with E-state index in [0.29, 0.717) is 12.0 Å². The maximum atomic E-state index is 4.75. The Morgan fingerprint density at radius 3 is 2.76 bits per heavy atom. The first-order chi connectivity index (χ1) is 10.1. The lowest BCUT2D eigenvalue weighted by Gasteiger charge is -2.27. The van der Waals surface area contributed by atoms with E-state index in [4.69, 9.17) is 4.98 Å². The molecule has 110 valence electrons. The largest absolute Gasteiger partial charge is 0.368 e. The molecule has 0 saturated carbocycles. The normalized spacial score (nSPS) is 15.3. The van der Waals surface area contributed by atoms with Crippen LogP contribution >= 0.6 is 0 Å². The molecule has 1 aromatic carbocycles. The Bertz CT molecular complexity index is 621. The van der Waals surface area contributed by atoms with Gasteiger partial charge in [-0.15, -0.1) is 0 Å². The Morgan fingerprint density at radius 1 is 1.14 bits per heavy atom. The van der Waals surface area contributed by atoms with Gasteiger partial charge in [-0.2, -0.15) is 0 Å². The number of anilines is 1. The minimum atomic E-state index is 0.431. The van der Waals surface area contributed by atoms with Gasteiger partial charge in [-0.3, -0.25) is 9.97 Å². The van der Waals surface area contributed by atoms with Crippen LogP contribution in [0.25, 0.3) is 0 Å². The van der Waals surface area contributed by atoms with Gasteiger partial charge in [0.2, 0.25) is 0 Å². The predicted octanol–water partition coefficient (Wildman–Crippen LogP) is 3.59. The fourth-order valence-corrected chi connectivity index (χ4v) is 3.03. The van der Waals surface area contributed by atoms with Crippen molar-refractivity contribution in [2.75, 3.05) is 11.4 Å². The topological polar surface area (TPSA) is 29.0 Å². The van der Waals surface area contributed by atoms with Crippen LogP contribution in [0.15, 0.2) is 36.7 Å². The van der Waals surface area contributed by atoms with Crippen LogP contribution in [0.1, 0.15) is 43.6 Å². The van der Waals surface area contributed by atoms with Crippen molar-refractivity contribution in [1.29, 1.82) is 0 Å². The highest BCUT2D eigenvalue weighted by molar-refractivity contribution is 5.58. The highest BCUT2D eigenvalue weighted by Gasteiger charge is 2.23. The number of para-hydroxylation sites is 1. The van der Waals surface area contributed by atoms with Gasteiger partial charge in [0.15, 0.2) is 0 Å². The first-order valence-corrected chi connectivity index (χ1v) is 7.80. The van der Waals surface area contributed by atoms with Gasteiger partial charge < -0.3 is 4.90 Å². The monoisotopic (exact) mass is 281 g/mol. The van der Waals surface area contributed by atoms with Gasteiger partial charge in [0.05, 0.1) is 11.4 Å². The first kappa shape index (κ1) is 14.1. The van der Waals surface area contributed by atoms with Crippen molar-refractivity contribution >= 4 is 5.69 Å². The molecule has 2 heterocycles. The summed E-state index contributed by atoms with van der Waals surface area (Å²) in [6.45, 7) is 7.71. The number of fused-ring (bicyclic) bond motifs is 1. The van der Waals surface area contributed by atoms with Crippen LogP contribution in [0, 0.1) is 0 Å². The molecule has 0 N–H and O–H groups in total. The van der Waals surface area contributed by atoms with E-state index in [1.807, 2.05) is 12.4 Å². The van der Waals surface area contributed by atoms with Crippen LogP contribution in [0.2, 0.25) is 0 Å². The first-order valence-electron chi connectivity index (χ1n) is 7.80. The van der Waals surface area contributed by atoms with E-state index in [1.54, 1.807) is 0 Å². The molecule has 21 heavy (non-hydrogen) atoms. The highest BCUT2D eigenvalue weighted by Crippen LogP contribution is 2.29. The van der Waals surface area contributed by atoms with E-state index in [-0.39, 0.29) is 0 Å². The van der Waals surface area contributed by atoms with E-state index in [9.17, 15) is 0 Å². The van der Waals surface area contributed by atoms with Crippen LogP contribution in [-0.4, -0.2) is 22.6 Å². The molecule has 1 aliphatic rings. The molecule has 2 aromatic rings. The van der Waals surface area contributed by atoms with Crippen LogP contribution in [-0.2, 0) is 12.8 Å². The second-order valence-corrected chi connectivity index (χ2v) is 6.22. The van der Waals surface area contributed by atoms with Gasteiger partial charge in [0, 0.05) is 37.1 Å². The maximum absolute atomic E-state index is 4.75. The lowest BCUT2D eigenvalue weighted by atomic mass is 10.1. The smallest absolute Gasteiger partial charge is 0.0615 e. The molecule has 1 unspecified atom stereocenters. The Hall–Kier alpha value is -1.90. The molecule has 0 saturated heterocycles. The maximum Gasteiger partial charge on any atom is 0.0615 e. The molecule has 1 atom stereocenters. The van der Waals surface area contributed by atoms with Crippen molar-refractivity contribution in [2.45, 2.75) is 45.6 Å². The molecule has 0 spiro atoms. The molecular formula is C18H23N3. The summed E-state index contributed by atoms with van der Waals surface area (Å²) in [4.78, 5) is 11.6. The number of benzene rings is 1. The molecule has 3 nitrogen and oxygen atoms in total. The van der Waals surface area contributed by atoms with Gasteiger partial charge in [-0.05, 0) is 30.9 Å². The van der Waals surface area contributed by atoms with Gasteiger partial charge >= 0.3 is 0 Å². The van der Waals surface area contributed by atoms with E-state index < -0.39 is 0 Å². The highest BCUT2D eigenvalue weighted by atomic mass is 15.2. The average Bonchev–Trinajstić information content (AvgIpc) is 2.91. The fraction of sp³-hybridized carbons (Fsp3) is 0.444. The summed E-state index contributed by atoms with van der Waals surface area (Å²) in [5, 5.41) is 0. The van der Waals surface area contributed by atoms with Gasteiger partial charge in [0.25, 0.3) is 0 Å². The molecule has 0 bridgehead atoms. The lowest BCUT2D eigenvalue weighted by molar-refractivity contribution is 0.635. The van der Waals surface area contributed by atoms with E-state index in [1.165, 1.54) is 11.3 Å². The van der Waals surface area contributed by atoms with Crippen molar-refractivity contribution in [3.05, 3.63) is 53.6 Å². The van der Waals surface area contributed by atoms with Crippen LogP contribution in [0.3, 0.4) is 0 Å². The van der Waals surface area contributed by atoms with Crippen molar-refractivity contribution in [3.63, 3.8) is 0 Å². The van der Waals surface area contributed by atoms with Crippen LogP contribution < -0.4 is 4.90 Å². The van der Waals surface area contributed by atoms with Gasteiger partial charge in [-0.1, -0.05) is 32.0 Å². The van der Waals surface area contributed by atoms with Crippen LogP contribution in [0.4, 0.5) is 5.69 Å². The zero-order chi connectivity index (χ0) is 14.8. The third-order valence-electron chi connectivity index (χ3n) is 4.25. The predicted molar refractivity (Wildman–Crippen MR) is 86.8 cm³/mol. The number of aromatic nitrogens is 2. The van der Waals surface area contributed by atoms with Crippen molar-refractivity contribution in [1.82, 2.24) is 9.97 Å². The summed E-state index contributed by atoms with van der Waals surface area (Å²) < 4.78 is 0. The zero-order valence-corrected chi connectivity index (χ0v) is 13.1. The minimum Gasteiger partial charge on any atom is -0.368 e. The Morgan fingerprint density at radius 2 is 1.95 bits per heavy atom. The van der Waals surface area contributed by atoms with E-state index in [2.05, 4.69) is 54.9 Å². The summed E-state index contributed by atoms with van der Waals surface area (Å²) in [7, 11) is 0. The number of hydrogen-bond donors (Lipinski definition) is 0. The molecule has 0 amide bonds. The molecule has 0 aliphatic carbocycles. The van der Waals surface area contributed by atoms with Gasteiger partial charge in [-0.25, -0.2) is 0 Å². The Labute approximate surface area is 127 Å². The average molecular weight is 281 g/mol. The van der Waals surface area contributed by atoms with Crippen molar-refractivity contribution in [2.24, 2.45) is 0 Å². The summed E-state index contributed by atoms with van der Waals surface area (Å²) in [6, 6.07) is 9.18. The van der Waals surface area contributed by atoms with E-state index in [0.717, 1.165) is 30.8 Å². The summed E-state index contributed by atoms with van der Waals surface area (Å²) in [5.74, 6) is 0.431. The minimum absolute atomic E-state index is 0.431. The molecule has 0 fully saturated rings. The standard InChI is InChI=1S/C18H23N3/c1-13(2)17-12-19-11-16(20-17)10-14(3)21-9-8-15-6-4-5-7-18(15)21/h4-7,11-14H,8-10H2,1-3H3. The molecule has 0 radical (unpaired) electrons. The van der Waals surface area contributed by atoms with E-state index >= 15 is 0 Å². The zero-order valence-electron chi connectivity index (χ0n) is 13.1.